The molecule has 1 aliphatic rings. The van der Waals surface area contributed by atoms with Crippen molar-refractivity contribution in [2.45, 2.75) is 17.2 Å². The van der Waals surface area contributed by atoms with Crippen LogP contribution in [0.1, 0.15) is 16.5 Å². The minimum absolute atomic E-state index is 0.148. The van der Waals surface area contributed by atoms with Crippen LogP contribution < -0.4 is 0 Å². The maximum atomic E-state index is 12.8. The third-order valence-corrected chi connectivity index (χ3v) is 6.63. The largest absolute Gasteiger partial charge is 0.273 e. The maximum Gasteiger partial charge on any atom is 0.267 e. The van der Waals surface area contributed by atoms with Gasteiger partial charge in [0.15, 0.2) is 0 Å². The van der Waals surface area contributed by atoms with Crippen LogP contribution in [0.2, 0.25) is 0 Å². The zero-order valence-corrected chi connectivity index (χ0v) is 13.6. The SMILES string of the molecule is Cc1ccc(S(=O)(=O)N2C(=O)CSC2c2ccccc2)cc1. The maximum absolute atomic E-state index is 12.8. The molecule has 1 heterocycles. The highest BCUT2D eigenvalue weighted by atomic mass is 32.2. The van der Waals surface area contributed by atoms with Crippen molar-refractivity contribution in [3.63, 3.8) is 0 Å². The molecule has 4 nitrogen and oxygen atoms in total. The molecule has 114 valence electrons. The highest BCUT2D eigenvalue weighted by Crippen LogP contribution is 2.41. The number of hydrogen-bond acceptors (Lipinski definition) is 4. The van der Waals surface area contributed by atoms with Crippen LogP contribution >= 0.6 is 11.8 Å². The predicted octanol–water partition coefficient (Wildman–Crippen LogP) is 2.96. The lowest BCUT2D eigenvalue weighted by molar-refractivity contribution is -0.123. The van der Waals surface area contributed by atoms with Crippen LogP contribution in [0, 0.1) is 6.92 Å². The Morgan fingerprint density at radius 1 is 1.05 bits per heavy atom. The highest BCUT2D eigenvalue weighted by molar-refractivity contribution is 8.02. The fourth-order valence-electron chi connectivity index (χ4n) is 2.35. The summed E-state index contributed by atoms with van der Waals surface area (Å²) in [6.07, 6.45) is 0. The Morgan fingerprint density at radius 3 is 2.32 bits per heavy atom. The van der Waals surface area contributed by atoms with Crippen molar-refractivity contribution >= 4 is 27.7 Å². The third kappa shape index (κ3) is 2.64. The summed E-state index contributed by atoms with van der Waals surface area (Å²) in [6.45, 7) is 1.89. The Hall–Kier alpha value is -1.79. The molecule has 0 radical (unpaired) electrons. The number of carbonyl (C=O) groups excluding carboxylic acids is 1. The second-order valence-corrected chi connectivity index (χ2v) is 7.97. The van der Waals surface area contributed by atoms with Gasteiger partial charge in [0.05, 0.1) is 10.6 Å². The number of rotatable bonds is 3. The van der Waals surface area contributed by atoms with Crippen molar-refractivity contribution in [2.24, 2.45) is 0 Å². The van der Waals surface area contributed by atoms with Crippen LogP contribution in [0.3, 0.4) is 0 Å². The number of amides is 1. The Labute approximate surface area is 134 Å². The zero-order chi connectivity index (χ0) is 15.7. The van der Waals surface area contributed by atoms with Crippen LogP contribution in [0.5, 0.6) is 0 Å². The third-order valence-electron chi connectivity index (χ3n) is 3.49. The van der Waals surface area contributed by atoms with E-state index in [1.54, 1.807) is 24.3 Å². The first kappa shape index (κ1) is 15.1. The van der Waals surface area contributed by atoms with E-state index in [2.05, 4.69) is 0 Å². The second-order valence-electron chi connectivity index (χ2n) is 5.08. The first-order valence-electron chi connectivity index (χ1n) is 6.80. The number of benzene rings is 2. The number of carbonyl (C=O) groups is 1. The van der Waals surface area contributed by atoms with Gasteiger partial charge >= 0.3 is 0 Å². The summed E-state index contributed by atoms with van der Waals surface area (Å²) < 4.78 is 26.7. The fourth-order valence-corrected chi connectivity index (χ4v) is 5.41. The molecule has 0 bridgehead atoms. The average Bonchev–Trinajstić information content (AvgIpc) is 2.91. The Balaban J connectivity index is 2.03. The summed E-state index contributed by atoms with van der Waals surface area (Å²) in [4.78, 5) is 12.3. The molecule has 1 saturated heterocycles. The van der Waals surface area contributed by atoms with Crippen molar-refractivity contribution in [3.8, 4) is 0 Å². The lowest BCUT2D eigenvalue weighted by Crippen LogP contribution is -2.34. The first-order chi connectivity index (χ1) is 10.5. The van der Waals surface area contributed by atoms with Crippen LogP contribution in [-0.2, 0) is 14.8 Å². The number of thioether (sulfide) groups is 1. The highest BCUT2D eigenvalue weighted by Gasteiger charge is 2.41. The summed E-state index contributed by atoms with van der Waals surface area (Å²) >= 11 is 1.33. The molecule has 0 aromatic heterocycles. The van der Waals surface area contributed by atoms with Crippen LogP contribution in [-0.4, -0.2) is 24.4 Å². The summed E-state index contributed by atoms with van der Waals surface area (Å²) in [5.74, 6) is -0.204. The lowest BCUT2D eigenvalue weighted by Gasteiger charge is -2.23. The second kappa shape index (κ2) is 5.78. The van der Waals surface area contributed by atoms with Crippen molar-refractivity contribution in [2.75, 3.05) is 5.75 Å². The normalized spacial score (nSPS) is 18.7. The van der Waals surface area contributed by atoms with Gasteiger partial charge in [0.1, 0.15) is 5.37 Å². The number of hydrogen-bond donors (Lipinski definition) is 0. The summed E-state index contributed by atoms with van der Waals surface area (Å²) in [5.41, 5.74) is 1.79. The van der Waals surface area contributed by atoms with Crippen LogP contribution in [0.4, 0.5) is 0 Å². The van der Waals surface area contributed by atoms with Crippen molar-refractivity contribution < 1.29 is 13.2 Å². The van der Waals surface area contributed by atoms with E-state index in [1.165, 1.54) is 11.8 Å². The summed E-state index contributed by atoms with van der Waals surface area (Å²) in [6, 6.07) is 15.8. The predicted molar refractivity (Wildman–Crippen MR) is 86.9 cm³/mol. The molecule has 1 atom stereocenters. The van der Waals surface area contributed by atoms with Crippen molar-refractivity contribution in [1.29, 1.82) is 0 Å². The van der Waals surface area contributed by atoms with Gasteiger partial charge in [-0.05, 0) is 24.6 Å². The molecule has 0 spiro atoms. The number of aryl methyl sites for hydroxylation is 1. The minimum Gasteiger partial charge on any atom is -0.273 e. The van der Waals surface area contributed by atoms with Gasteiger partial charge in [-0.1, -0.05) is 48.0 Å². The lowest BCUT2D eigenvalue weighted by atomic mass is 10.2. The molecule has 1 amide bonds. The smallest absolute Gasteiger partial charge is 0.267 e. The number of nitrogens with zero attached hydrogens (tertiary/aromatic N) is 1. The molecular weight excluding hydrogens is 318 g/mol. The molecule has 0 aliphatic carbocycles. The van der Waals surface area contributed by atoms with Crippen molar-refractivity contribution in [3.05, 3.63) is 65.7 Å². The monoisotopic (exact) mass is 333 g/mol. The molecule has 0 saturated carbocycles. The Morgan fingerprint density at radius 2 is 1.68 bits per heavy atom. The van der Waals surface area contributed by atoms with E-state index in [9.17, 15) is 13.2 Å². The van der Waals surface area contributed by atoms with Crippen LogP contribution in [0.15, 0.2) is 59.5 Å². The minimum atomic E-state index is -3.84. The van der Waals surface area contributed by atoms with E-state index in [0.29, 0.717) is 0 Å². The molecule has 6 heteroatoms. The summed E-state index contributed by atoms with van der Waals surface area (Å²) in [5, 5.41) is -0.500. The van der Waals surface area contributed by atoms with Gasteiger partial charge < -0.3 is 0 Å². The summed E-state index contributed by atoms with van der Waals surface area (Å²) in [7, 11) is -3.84. The first-order valence-corrected chi connectivity index (χ1v) is 9.29. The quantitative estimate of drug-likeness (QED) is 0.866. The van der Waals surface area contributed by atoms with E-state index in [-0.39, 0.29) is 16.6 Å². The average molecular weight is 333 g/mol. The van der Waals surface area contributed by atoms with Gasteiger partial charge in [-0.25, -0.2) is 12.7 Å². The molecule has 1 fully saturated rings. The zero-order valence-electron chi connectivity index (χ0n) is 12.0. The van der Waals surface area contributed by atoms with E-state index in [1.807, 2.05) is 37.3 Å². The Bertz CT molecular complexity index is 786. The van der Waals surface area contributed by atoms with Crippen molar-refractivity contribution in [1.82, 2.24) is 4.31 Å². The molecule has 22 heavy (non-hydrogen) atoms. The molecule has 2 aromatic carbocycles. The fraction of sp³-hybridized carbons (Fsp3) is 0.188. The molecule has 3 rings (SSSR count). The molecule has 1 aliphatic heterocycles. The molecule has 2 aromatic rings. The molecular formula is C16H15NO3S2. The van der Waals surface area contributed by atoms with E-state index < -0.39 is 15.4 Å². The van der Waals surface area contributed by atoms with E-state index >= 15 is 0 Å². The van der Waals surface area contributed by atoms with Gasteiger partial charge in [0.2, 0.25) is 5.91 Å². The van der Waals surface area contributed by atoms with Gasteiger partial charge in [-0.3, -0.25) is 4.79 Å². The molecule has 1 unspecified atom stereocenters. The molecule has 0 N–H and O–H groups in total. The van der Waals surface area contributed by atoms with E-state index in [0.717, 1.165) is 15.4 Å². The van der Waals surface area contributed by atoms with Crippen LogP contribution in [0.25, 0.3) is 0 Å². The van der Waals surface area contributed by atoms with Gasteiger partial charge in [0.25, 0.3) is 10.0 Å². The van der Waals surface area contributed by atoms with Gasteiger partial charge in [-0.15, -0.1) is 11.8 Å². The Kier molecular flexibility index (Phi) is 3.97. The number of sulfonamides is 1. The van der Waals surface area contributed by atoms with E-state index in [4.69, 9.17) is 0 Å². The van der Waals surface area contributed by atoms with Gasteiger partial charge in [-0.2, -0.15) is 0 Å². The standard InChI is InChI=1S/C16H15NO3S2/c1-12-7-9-14(10-8-12)22(19,20)17-15(18)11-21-16(17)13-5-3-2-4-6-13/h2-10,16H,11H2,1H3. The van der Waals surface area contributed by atoms with Gasteiger partial charge in [0, 0.05) is 0 Å². The topological polar surface area (TPSA) is 54.5 Å².